The molecule has 0 spiro atoms. The van der Waals surface area contributed by atoms with Gasteiger partial charge in [-0.1, -0.05) is 56.1 Å². The fourth-order valence-corrected chi connectivity index (χ4v) is 18.0. The minimum absolute atomic E-state index is 0.0537. The van der Waals surface area contributed by atoms with Crippen molar-refractivity contribution >= 4 is 128 Å². The molecule has 6 fully saturated rings. The van der Waals surface area contributed by atoms with Gasteiger partial charge in [-0.2, -0.15) is 0 Å². The summed E-state index contributed by atoms with van der Waals surface area (Å²) in [5.41, 5.74) is 3.60. The number of ether oxygens (including phenoxy) is 4. The number of hydrogen-bond donors (Lipinski definition) is 5. The summed E-state index contributed by atoms with van der Waals surface area (Å²) >= 11 is 10.2. The Morgan fingerprint density at radius 3 is 1.30 bits per heavy atom. The van der Waals surface area contributed by atoms with Crippen LogP contribution in [0.2, 0.25) is 0 Å². The van der Waals surface area contributed by atoms with Crippen LogP contribution in [0.4, 0.5) is 10.1 Å². The van der Waals surface area contributed by atoms with Crippen molar-refractivity contribution in [3.63, 3.8) is 0 Å². The van der Waals surface area contributed by atoms with Gasteiger partial charge in [0.05, 0.1) is 32.0 Å². The maximum atomic E-state index is 13.3. The van der Waals surface area contributed by atoms with Crippen molar-refractivity contribution in [3.8, 4) is 66.9 Å². The molecule has 27 heteroatoms. The predicted octanol–water partition coefficient (Wildman–Crippen LogP) is 13.8. The summed E-state index contributed by atoms with van der Waals surface area (Å²) in [6.45, 7) is 7.58. The zero-order valence-corrected chi connectivity index (χ0v) is 63.2. The maximum Gasteiger partial charge on any atom is 0.262 e. The van der Waals surface area contributed by atoms with E-state index in [4.69, 9.17) is 18.9 Å². The van der Waals surface area contributed by atoms with E-state index in [9.17, 15) is 53.0 Å². The number of halogens is 3. The van der Waals surface area contributed by atoms with Crippen LogP contribution in [-0.4, -0.2) is 166 Å². The lowest BCUT2D eigenvalue weighted by Gasteiger charge is -2.47. The molecular weight excluding hydrogens is 1560 g/mol. The normalized spacial score (nSPS) is 19.3. The van der Waals surface area contributed by atoms with Crippen LogP contribution >= 0.6 is 54.5 Å². The lowest BCUT2D eigenvalue weighted by molar-refractivity contribution is -0.137. The zero-order chi connectivity index (χ0) is 75.3. The molecule has 8 aromatic carbocycles. The summed E-state index contributed by atoms with van der Waals surface area (Å²) < 4.78 is 42.6. The molecule has 8 amide bonds. The van der Waals surface area contributed by atoms with Gasteiger partial charge in [0.2, 0.25) is 23.6 Å². The number of piperidine rings is 4. The zero-order valence-electron chi connectivity index (χ0n) is 58.4. The highest BCUT2D eigenvalue weighted by Crippen LogP contribution is 2.50. The molecule has 10 aromatic rings. The molecule has 109 heavy (non-hydrogen) atoms. The Bertz CT molecular complexity index is 5250. The van der Waals surface area contributed by atoms with Gasteiger partial charge < -0.3 is 39.4 Å². The molecule has 2 atom stereocenters. The van der Waals surface area contributed by atoms with E-state index in [-0.39, 0.29) is 60.5 Å². The third-order valence-corrected chi connectivity index (χ3v) is 24.3. The highest BCUT2D eigenvalue weighted by Gasteiger charge is 2.47. The number of nitrogens with one attached hydrogen (secondary N) is 3. The van der Waals surface area contributed by atoms with E-state index in [0.717, 1.165) is 172 Å². The van der Waals surface area contributed by atoms with Crippen LogP contribution in [0.15, 0.2) is 179 Å². The van der Waals surface area contributed by atoms with Crippen LogP contribution in [0.5, 0.6) is 46.0 Å². The average molecular weight is 1640 g/mol. The first-order valence-electron chi connectivity index (χ1n) is 36.0. The topological polar surface area (TPSA) is 266 Å². The number of benzene rings is 8. The number of anilines is 1. The second-order valence-electron chi connectivity index (χ2n) is 27.9. The summed E-state index contributed by atoms with van der Waals surface area (Å²) in [4.78, 5) is 109. The molecule has 0 aliphatic carbocycles. The fraction of sp³-hybridized carbons (Fsp3) is 0.268. The Morgan fingerprint density at radius 2 is 0.853 bits per heavy atom. The highest BCUT2D eigenvalue weighted by atomic mass is 79.9. The largest absolute Gasteiger partial charge is 0.508 e. The Kier molecular flexibility index (Phi) is 20.7. The minimum atomic E-state index is -1.02. The number of aromatic hydroxyl groups is 2. The first-order valence-corrected chi connectivity index (χ1v) is 39.2. The molecule has 2 aromatic heterocycles. The van der Waals surface area contributed by atoms with E-state index >= 15 is 0 Å². The van der Waals surface area contributed by atoms with E-state index in [0.29, 0.717) is 29.0 Å². The summed E-state index contributed by atoms with van der Waals surface area (Å²) in [7, 11) is 0. The number of carbonyl (C=O) groups is 8. The van der Waals surface area contributed by atoms with Crippen molar-refractivity contribution in [1.82, 2.24) is 35.6 Å². The number of imide groups is 4. The van der Waals surface area contributed by atoms with Crippen LogP contribution in [0, 0.1) is 5.82 Å². The van der Waals surface area contributed by atoms with Crippen LogP contribution in [0.25, 0.3) is 41.1 Å². The van der Waals surface area contributed by atoms with E-state index < -0.39 is 65.2 Å². The molecule has 8 aliphatic rings. The number of thiophene rings is 2. The monoisotopic (exact) mass is 1630 g/mol. The minimum Gasteiger partial charge on any atom is -0.508 e. The lowest BCUT2D eigenvalue weighted by Crippen LogP contribution is -2.59. The third kappa shape index (κ3) is 15.3. The Balaban J connectivity index is 0.000000140. The summed E-state index contributed by atoms with van der Waals surface area (Å²) in [5, 5.41) is 29.8. The van der Waals surface area contributed by atoms with Crippen LogP contribution in [0.3, 0.4) is 0 Å². The van der Waals surface area contributed by atoms with Gasteiger partial charge in [0.25, 0.3) is 23.6 Å². The second kappa shape index (κ2) is 30.9. The number of fused-ring (bicyclic) bond motifs is 4. The quantitative estimate of drug-likeness (QED) is 0.0597. The van der Waals surface area contributed by atoms with Crippen LogP contribution in [0.1, 0.15) is 92.8 Å². The second-order valence-corrected chi connectivity index (χ2v) is 31.9. The van der Waals surface area contributed by atoms with Gasteiger partial charge in [-0.3, -0.25) is 68.6 Å². The van der Waals surface area contributed by atoms with Gasteiger partial charge in [0.15, 0.2) is 11.5 Å². The molecule has 22 nitrogen and oxygen atoms in total. The summed E-state index contributed by atoms with van der Waals surface area (Å²) in [6.07, 6.45) is 5.11. The van der Waals surface area contributed by atoms with E-state index in [1.54, 1.807) is 59.1 Å². The van der Waals surface area contributed by atoms with Crippen molar-refractivity contribution in [2.24, 2.45) is 0 Å². The molecule has 0 bridgehead atoms. The molecular formula is C82H71Br2FN8O14S2. The van der Waals surface area contributed by atoms with Gasteiger partial charge in [0, 0.05) is 99.0 Å². The highest BCUT2D eigenvalue weighted by molar-refractivity contribution is 9.10. The number of carbonyl (C=O) groups excluding carboxylic acids is 8. The molecule has 556 valence electrons. The maximum absolute atomic E-state index is 13.3. The fourth-order valence-electron chi connectivity index (χ4n) is 15.1. The van der Waals surface area contributed by atoms with Gasteiger partial charge in [-0.05, 0) is 208 Å². The summed E-state index contributed by atoms with van der Waals surface area (Å²) in [5.74, 6) is 0.0672. The number of amides is 8. The molecule has 0 radical (unpaired) electrons. The lowest BCUT2D eigenvalue weighted by atomic mass is 9.97. The summed E-state index contributed by atoms with van der Waals surface area (Å²) in [6, 6.07) is 50.4. The van der Waals surface area contributed by atoms with Crippen LogP contribution < -0.4 is 39.8 Å². The molecule has 10 heterocycles. The molecule has 6 saturated heterocycles. The Morgan fingerprint density at radius 1 is 0.440 bits per heavy atom. The van der Waals surface area contributed by atoms with Crippen molar-refractivity contribution in [2.45, 2.75) is 87.7 Å². The third-order valence-electron chi connectivity index (χ3n) is 20.9. The molecule has 5 N–H and O–H groups in total. The number of rotatable bonds is 15. The van der Waals surface area contributed by atoms with Crippen LogP contribution in [-0.2, 0) is 19.2 Å². The smallest absolute Gasteiger partial charge is 0.262 e. The van der Waals surface area contributed by atoms with Crippen molar-refractivity contribution < 1.29 is 71.9 Å². The Labute approximate surface area is 649 Å². The van der Waals surface area contributed by atoms with Crippen molar-refractivity contribution in [1.29, 1.82) is 0 Å². The average Bonchev–Trinajstić information content (AvgIpc) is 1.61. The number of likely N-dealkylation sites (tertiary alicyclic amines) is 2. The molecule has 8 aliphatic heterocycles. The van der Waals surface area contributed by atoms with Crippen molar-refractivity contribution in [2.75, 3.05) is 57.3 Å². The van der Waals surface area contributed by atoms with Gasteiger partial charge in [-0.25, -0.2) is 4.39 Å². The SMILES string of the molecule is O=C1CCC(N2C(=O)c3ccc(F)cc3C2=O)C(=O)N1.O=C1CCC(N2C(=O)c3ccc(N4CCC(N5CC(Oc6ccc(Oc7c(-c8ccc(Br)cc8)sc8cc(O)ccc78)cc6)C5)CC4)cc3C2=O)C(=O)N1.Oc1ccc2c(Oc3ccc(OC4CN(C5CCNCC5)C4)cc3)c(-c3ccc(Br)cc3)sc2c1. The Hall–Kier alpha value is -10.4. The molecule has 18 rings (SSSR count). The molecule has 2 unspecified atom stereocenters. The molecule has 0 saturated carbocycles. The van der Waals surface area contributed by atoms with E-state index in [2.05, 4.69) is 74.6 Å². The number of nitrogens with zero attached hydrogens (tertiary/aromatic N) is 5. The van der Waals surface area contributed by atoms with Gasteiger partial charge >= 0.3 is 0 Å². The van der Waals surface area contributed by atoms with Crippen molar-refractivity contribution in [3.05, 3.63) is 207 Å². The number of hydrogen-bond acceptors (Lipinski definition) is 20. The number of phenols is 2. The first kappa shape index (κ1) is 72.8. The number of phenolic OH excluding ortho intramolecular Hbond substituents is 2. The van der Waals surface area contributed by atoms with Gasteiger partial charge in [0.1, 0.15) is 64.6 Å². The van der Waals surface area contributed by atoms with Gasteiger partial charge in [-0.15, -0.1) is 22.7 Å². The first-order chi connectivity index (χ1) is 52.8. The van der Waals surface area contributed by atoms with E-state index in [1.165, 1.54) is 18.9 Å². The standard InChI is InChI=1S/C41H35BrN4O7S.C28H27BrN2O3S.C13H9FN2O4/c42-24-3-1-23(2-4-24)38-37(32-12-6-27(47)20-35(32)54-38)53-29-9-7-28(8-10-29)52-30-21-45(22-30)25-15-17-44(18-16-25)26-5-11-31-33(19-26)41(51)46(40(31)50)34-13-14-36(48)43-39(34)49;29-19-3-1-18(2-4-19)28-27(25-10-5-21(32)15-26(25)35-28)34-23-8-6-22(7-9-23)33-24-16-31(17-24)20-11-13-30-14-12-20;14-6-1-2-7-8(5-6)13(20)16(12(7)19)9-3-4-10(17)15-11(9)18/h1-12,19-20,25,30,34,47H,13-18,21-22H2,(H,43,48,49);1-10,15,20,24,30,32H,11-14,16-17H2;1-2,5,9H,3-4H2,(H,15,17,18). The predicted molar refractivity (Wildman–Crippen MR) is 416 cm³/mol. The van der Waals surface area contributed by atoms with E-state index in [1.807, 2.05) is 103 Å².